The van der Waals surface area contributed by atoms with Crippen molar-refractivity contribution in [2.75, 3.05) is 13.1 Å². The Morgan fingerprint density at radius 2 is 1.11 bits per heavy atom. The van der Waals surface area contributed by atoms with E-state index >= 15 is 0 Å². The molecule has 0 spiro atoms. The predicted octanol–water partition coefficient (Wildman–Crippen LogP) is -4.89. The van der Waals surface area contributed by atoms with Crippen molar-refractivity contribution in [3.63, 3.8) is 0 Å². The van der Waals surface area contributed by atoms with E-state index in [4.69, 9.17) is 10.5 Å². The van der Waals surface area contributed by atoms with E-state index in [1.165, 1.54) is 57.8 Å². The van der Waals surface area contributed by atoms with Gasteiger partial charge in [0.1, 0.15) is 0 Å². The van der Waals surface area contributed by atoms with E-state index in [0.29, 0.717) is 6.42 Å². The van der Waals surface area contributed by atoms with Crippen molar-refractivity contribution in [2.45, 2.75) is 115 Å². The van der Waals surface area contributed by atoms with Crippen molar-refractivity contribution in [2.24, 2.45) is 5.73 Å². The van der Waals surface area contributed by atoms with Crippen LogP contribution in [0.4, 0.5) is 0 Å². The van der Waals surface area contributed by atoms with Crippen LogP contribution < -0.4 is 80.4 Å². The normalized spacial score (nSPS) is 10.7. The minimum Gasteiger partial charge on any atom is -0.550 e. The molecule has 0 bridgehead atoms. The Bertz CT molecular complexity index is 576. The smallest absolute Gasteiger partial charge is 0.550 e. The fraction of sp³-hybridized carbons (Fsp3) is 0.833. The average molecular weight is 517 g/mol. The summed E-state index contributed by atoms with van der Waals surface area (Å²) >= 11 is 0. The molecule has 0 aliphatic rings. The topological polar surface area (TPSA) is 162 Å². The number of hydrogen-bond acceptors (Lipinski definition) is 9. The number of nitrogens with two attached hydrogens (primary N) is 1. The van der Waals surface area contributed by atoms with Gasteiger partial charge in [-0.05, 0) is 6.42 Å². The van der Waals surface area contributed by atoms with E-state index in [-0.39, 0.29) is 72.1 Å². The summed E-state index contributed by atoms with van der Waals surface area (Å²) < 4.78 is 4.70. The molecule has 0 saturated carbocycles. The summed E-state index contributed by atoms with van der Waals surface area (Å²) in [6.45, 7) is 1.29. The molecular formula is C24H42N2Na2O7. The van der Waals surface area contributed by atoms with E-state index in [1.807, 2.05) is 0 Å². The molecule has 0 rings (SSSR count). The number of aliphatic carboxylic acids is 2. The van der Waals surface area contributed by atoms with Gasteiger partial charge < -0.3 is 30.3 Å². The zero-order chi connectivity index (χ0) is 25.0. The van der Waals surface area contributed by atoms with Crippen molar-refractivity contribution in [3.8, 4) is 0 Å². The maximum absolute atomic E-state index is 11.8. The summed E-state index contributed by atoms with van der Waals surface area (Å²) in [6.07, 6.45) is 14.0. The van der Waals surface area contributed by atoms with Crippen LogP contribution in [0.2, 0.25) is 0 Å². The fourth-order valence-corrected chi connectivity index (χ4v) is 3.72. The molecule has 0 aromatic heterocycles. The Kier molecular flexibility index (Phi) is 28.9. The molecule has 11 heteroatoms. The Morgan fingerprint density at radius 1 is 0.714 bits per heavy atom. The fourth-order valence-electron chi connectivity index (χ4n) is 3.72. The molecule has 0 amide bonds. The van der Waals surface area contributed by atoms with Crippen molar-refractivity contribution in [1.82, 2.24) is 5.32 Å². The number of hydrogen-bond donors (Lipinski definition) is 2. The van der Waals surface area contributed by atoms with Crippen LogP contribution in [0.3, 0.4) is 0 Å². The summed E-state index contributed by atoms with van der Waals surface area (Å²) in [5.41, 5.74) is 3.87. The van der Waals surface area contributed by atoms with Gasteiger partial charge in [-0.15, -0.1) is 0 Å². The standard InChI is InChI=1S/C24H44N2O7.2Na/c1-2-3-4-5-6-7-8-9-10-11-12-13-14-15-22(31)33-23(32)18-26-24(19-25,16-20(27)28)17-21(29)30;;/h26H,2-19,25H2,1H3,(H,27,28)(H,29,30);;/q;2*+1/p-2. The molecule has 3 N–H and O–H groups in total. The van der Waals surface area contributed by atoms with Gasteiger partial charge in [0, 0.05) is 43.3 Å². The summed E-state index contributed by atoms with van der Waals surface area (Å²) in [5, 5.41) is 24.3. The number of carbonyl (C=O) groups is 4. The van der Waals surface area contributed by atoms with E-state index in [9.17, 15) is 29.4 Å². The molecule has 0 atom stereocenters. The summed E-state index contributed by atoms with van der Waals surface area (Å²) in [7, 11) is 0. The molecule has 192 valence electrons. The number of rotatable bonds is 22. The number of carboxylic acid groups (broad SMARTS) is 2. The van der Waals surface area contributed by atoms with Gasteiger partial charge in [0.25, 0.3) is 0 Å². The third-order valence-electron chi connectivity index (χ3n) is 5.68. The van der Waals surface area contributed by atoms with Crippen LogP contribution >= 0.6 is 0 Å². The third-order valence-corrected chi connectivity index (χ3v) is 5.68. The van der Waals surface area contributed by atoms with Gasteiger partial charge in [-0.25, -0.2) is 0 Å². The molecule has 0 aromatic rings. The van der Waals surface area contributed by atoms with Crippen LogP contribution in [0.5, 0.6) is 0 Å². The minimum atomic E-state index is -1.62. The average Bonchev–Trinajstić information content (AvgIpc) is 2.74. The first kappa shape index (κ1) is 39.5. The number of esters is 2. The number of ether oxygens (including phenoxy) is 1. The molecule has 0 radical (unpaired) electrons. The van der Waals surface area contributed by atoms with Crippen LogP contribution in [0.1, 0.15) is 110 Å². The van der Waals surface area contributed by atoms with E-state index < -0.39 is 48.8 Å². The van der Waals surface area contributed by atoms with Crippen molar-refractivity contribution >= 4 is 23.9 Å². The minimum absolute atomic E-state index is 0. The molecule has 35 heavy (non-hydrogen) atoms. The van der Waals surface area contributed by atoms with Crippen LogP contribution in [-0.2, 0) is 23.9 Å². The first-order chi connectivity index (χ1) is 15.7. The Labute approximate surface area is 254 Å². The van der Waals surface area contributed by atoms with Gasteiger partial charge in [-0.2, -0.15) is 0 Å². The Hall–Kier alpha value is 0. The second kappa shape index (κ2) is 25.6. The first-order valence-electron chi connectivity index (χ1n) is 12.3. The van der Waals surface area contributed by atoms with Gasteiger partial charge in [0.05, 0.1) is 6.54 Å². The molecule has 0 aliphatic carbocycles. The molecule has 0 aromatic carbocycles. The summed E-state index contributed by atoms with van der Waals surface area (Å²) in [6, 6.07) is 0. The third kappa shape index (κ3) is 24.1. The van der Waals surface area contributed by atoms with Crippen molar-refractivity contribution in [1.29, 1.82) is 0 Å². The second-order valence-corrected chi connectivity index (χ2v) is 8.77. The maximum Gasteiger partial charge on any atom is 1.00 e. The van der Waals surface area contributed by atoms with Crippen molar-refractivity contribution in [3.05, 3.63) is 0 Å². The quantitative estimate of drug-likeness (QED) is 0.0622. The van der Waals surface area contributed by atoms with Crippen molar-refractivity contribution < 1.29 is 93.2 Å². The maximum atomic E-state index is 11.8. The molecule has 0 heterocycles. The zero-order valence-corrected chi connectivity index (χ0v) is 26.2. The number of nitrogens with one attached hydrogen (secondary N) is 1. The summed E-state index contributed by atoms with van der Waals surface area (Å²) in [5.74, 6) is -4.64. The largest absolute Gasteiger partial charge is 1.00 e. The molecule has 9 nitrogen and oxygen atoms in total. The Balaban J connectivity index is -0.00000512. The molecule has 0 unspecified atom stereocenters. The van der Waals surface area contributed by atoms with Gasteiger partial charge >= 0.3 is 71.1 Å². The van der Waals surface area contributed by atoms with Gasteiger partial charge in [-0.3, -0.25) is 14.9 Å². The zero-order valence-electron chi connectivity index (χ0n) is 22.2. The van der Waals surface area contributed by atoms with Gasteiger partial charge in [-0.1, -0.05) is 84.0 Å². The molecular weight excluding hydrogens is 474 g/mol. The number of carboxylic acids is 2. The summed E-state index contributed by atoms with van der Waals surface area (Å²) in [4.78, 5) is 45.4. The number of carbonyl (C=O) groups excluding carboxylic acids is 4. The van der Waals surface area contributed by atoms with Crippen LogP contribution in [0.15, 0.2) is 0 Å². The van der Waals surface area contributed by atoms with Crippen LogP contribution in [0.25, 0.3) is 0 Å². The van der Waals surface area contributed by atoms with E-state index in [2.05, 4.69) is 12.2 Å². The predicted molar refractivity (Wildman–Crippen MR) is 120 cm³/mol. The molecule has 0 saturated heterocycles. The van der Waals surface area contributed by atoms with E-state index in [1.54, 1.807) is 0 Å². The SMILES string of the molecule is CCCCCCCCCCCCCCCC(=O)OC(=O)CNC(CN)(CC(=O)[O-])CC(=O)[O-].[Na+].[Na+]. The van der Waals surface area contributed by atoms with Gasteiger partial charge in [0.15, 0.2) is 0 Å². The monoisotopic (exact) mass is 516 g/mol. The van der Waals surface area contributed by atoms with E-state index in [0.717, 1.165) is 19.3 Å². The van der Waals surface area contributed by atoms with Crippen LogP contribution in [-0.4, -0.2) is 42.5 Å². The van der Waals surface area contributed by atoms with Crippen LogP contribution in [0, 0.1) is 0 Å². The molecule has 0 aliphatic heterocycles. The number of unbranched alkanes of at least 4 members (excludes halogenated alkanes) is 12. The molecule has 0 fully saturated rings. The first-order valence-corrected chi connectivity index (χ1v) is 12.3. The Morgan fingerprint density at radius 3 is 1.49 bits per heavy atom. The van der Waals surface area contributed by atoms with Gasteiger partial charge in [0.2, 0.25) is 0 Å². The second-order valence-electron chi connectivity index (χ2n) is 8.77.